The number of nitrogens with one attached hydrogen (secondary N) is 1. The van der Waals surface area contributed by atoms with Crippen molar-refractivity contribution in [2.45, 2.75) is 32.7 Å². The maximum Gasteiger partial charge on any atom is 0.141 e. The molecule has 0 aliphatic carbocycles. The Morgan fingerprint density at radius 1 is 1.37 bits per heavy atom. The minimum absolute atomic E-state index is 0.164. The first kappa shape index (κ1) is 16.4. The average Bonchev–Trinajstić information content (AvgIpc) is 2.42. The van der Waals surface area contributed by atoms with Crippen molar-refractivity contribution in [2.75, 3.05) is 19.6 Å². The summed E-state index contributed by atoms with van der Waals surface area (Å²) < 4.78 is 13.1. The molecule has 0 saturated carbocycles. The van der Waals surface area contributed by atoms with Crippen LogP contribution in [0.4, 0.5) is 4.39 Å². The molecule has 1 atom stereocenters. The van der Waals surface area contributed by atoms with Crippen LogP contribution < -0.4 is 11.3 Å². The predicted molar refractivity (Wildman–Crippen MR) is 78.6 cm³/mol. The Kier molecular flexibility index (Phi) is 7.31. The number of halogens is 2. The minimum atomic E-state index is -0.384. The fraction of sp³-hybridized carbons (Fsp3) is 0.571. The molecule has 0 heterocycles. The second-order valence-electron chi connectivity index (χ2n) is 4.63. The van der Waals surface area contributed by atoms with Crippen LogP contribution in [0.1, 0.15) is 25.8 Å². The first-order chi connectivity index (χ1) is 9.10. The van der Waals surface area contributed by atoms with Crippen molar-refractivity contribution in [2.24, 2.45) is 5.84 Å². The van der Waals surface area contributed by atoms with E-state index in [0.717, 1.165) is 38.0 Å². The zero-order valence-corrected chi connectivity index (χ0v) is 12.4. The Morgan fingerprint density at radius 3 is 2.58 bits per heavy atom. The fourth-order valence-corrected chi connectivity index (χ4v) is 2.28. The van der Waals surface area contributed by atoms with Crippen molar-refractivity contribution < 1.29 is 4.39 Å². The van der Waals surface area contributed by atoms with E-state index in [1.165, 1.54) is 6.07 Å². The first-order valence-corrected chi connectivity index (χ1v) is 7.10. The van der Waals surface area contributed by atoms with Crippen LogP contribution in [0.3, 0.4) is 0 Å². The number of hydrogen-bond acceptors (Lipinski definition) is 3. The van der Waals surface area contributed by atoms with E-state index >= 15 is 0 Å². The smallest absolute Gasteiger partial charge is 0.141 e. The second-order valence-corrected chi connectivity index (χ2v) is 5.04. The summed E-state index contributed by atoms with van der Waals surface area (Å²) in [7, 11) is 0. The van der Waals surface area contributed by atoms with Crippen LogP contribution in [0.25, 0.3) is 0 Å². The first-order valence-electron chi connectivity index (χ1n) is 6.73. The quantitative estimate of drug-likeness (QED) is 0.570. The molecular formula is C14H23ClFN3. The number of rotatable bonds is 8. The van der Waals surface area contributed by atoms with Gasteiger partial charge in [0.05, 0.1) is 5.02 Å². The highest BCUT2D eigenvalue weighted by atomic mass is 35.5. The fourth-order valence-electron chi connectivity index (χ4n) is 2.07. The maximum absolute atomic E-state index is 13.1. The molecule has 0 bridgehead atoms. The molecule has 0 saturated heterocycles. The molecule has 1 rings (SSSR count). The van der Waals surface area contributed by atoms with Gasteiger partial charge in [0.1, 0.15) is 5.82 Å². The third-order valence-corrected chi connectivity index (χ3v) is 3.68. The van der Waals surface area contributed by atoms with Gasteiger partial charge in [-0.25, -0.2) is 4.39 Å². The molecule has 1 unspecified atom stereocenters. The highest BCUT2D eigenvalue weighted by Gasteiger charge is 2.11. The number of nitrogens with two attached hydrogens (primary N) is 1. The topological polar surface area (TPSA) is 41.3 Å². The Morgan fingerprint density at radius 2 is 2.05 bits per heavy atom. The van der Waals surface area contributed by atoms with Gasteiger partial charge in [0.15, 0.2) is 0 Å². The molecule has 0 aromatic heterocycles. The van der Waals surface area contributed by atoms with Crippen molar-refractivity contribution in [1.82, 2.24) is 10.3 Å². The summed E-state index contributed by atoms with van der Waals surface area (Å²) in [5, 5.41) is 0.164. The van der Waals surface area contributed by atoms with Crippen molar-refractivity contribution >= 4 is 11.6 Å². The van der Waals surface area contributed by atoms with Crippen LogP contribution in [-0.2, 0) is 6.42 Å². The van der Waals surface area contributed by atoms with Gasteiger partial charge >= 0.3 is 0 Å². The van der Waals surface area contributed by atoms with Crippen LogP contribution >= 0.6 is 11.6 Å². The van der Waals surface area contributed by atoms with Gasteiger partial charge in [-0.15, -0.1) is 0 Å². The molecule has 1 aromatic carbocycles. The number of nitrogens with zero attached hydrogens (tertiary/aromatic N) is 1. The lowest BCUT2D eigenvalue weighted by atomic mass is 10.0. The van der Waals surface area contributed by atoms with E-state index in [9.17, 15) is 4.39 Å². The van der Waals surface area contributed by atoms with E-state index in [4.69, 9.17) is 17.4 Å². The van der Waals surface area contributed by atoms with Gasteiger partial charge in [0.2, 0.25) is 0 Å². The monoisotopic (exact) mass is 287 g/mol. The number of benzene rings is 1. The lowest BCUT2D eigenvalue weighted by molar-refractivity contribution is 0.281. The van der Waals surface area contributed by atoms with Gasteiger partial charge in [-0.3, -0.25) is 11.3 Å². The van der Waals surface area contributed by atoms with Crippen LogP contribution in [-0.4, -0.2) is 30.6 Å². The summed E-state index contributed by atoms with van der Waals surface area (Å²) in [6.45, 7) is 7.37. The molecule has 5 heteroatoms. The molecule has 3 N–H and O–H groups in total. The van der Waals surface area contributed by atoms with Crippen LogP contribution in [0.2, 0.25) is 5.02 Å². The minimum Gasteiger partial charge on any atom is -0.304 e. The SMILES string of the molecule is CCN(CC)CCC(Cc1ccc(F)c(Cl)c1)NN. The lowest BCUT2D eigenvalue weighted by Gasteiger charge is -2.22. The average molecular weight is 288 g/mol. The highest BCUT2D eigenvalue weighted by Crippen LogP contribution is 2.17. The molecule has 19 heavy (non-hydrogen) atoms. The Bertz CT molecular complexity index is 383. The Hall–Kier alpha value is -0.680. The van der Waals surface area contributed by atoms with Crippen LogP contribution in [0.5, 0.6) is 0 Å². The van der Waals surface area contributed by atoms with Gasteiger partial charge < -0.3 is 4.90 Å². The molecule has 108 valence electrons. The lowest BCUT2D eigenvalue weighted by Crippen LogP contribution is -2.39. The highest BCUT2D eigenvalue weighted by molar-refractivity contribution is 6.30. The van der Waals surface area contributed by atoms with E-state index in [1.807, 2.05) is 0 Å². The van der Waals surface area contributed by atoms with Crippen molar-refractivity contribution in [3.05, 3.63) is 34.6 Å². The molecular weight excluding hydrogens is 265 g/mol. The molecule has 0 aliphatic heterocycles. The third kappa shape index (κ3) is 5.45. The summed E-state index contributed by atoms with van der Waals surface area (Å²) >= 11 is 5.78. The number of hydrogen-bond donors (Lipinski definition) is 2. The summed E-state index contributed by atoms with van der Waals surface area (Å²) in [6, 6.07) is 4.99. The molecule has 1 aromatic rings. The molecule has 0 aliphatic rings. The molecule has 0 fully saturated rings. The van der Waals surface area contributed by atoms with Crippen LogP contribution in [0.15, 0.2) is 18.2 Å². The zero-order valence-electron chi connectivity index (χ0n) is 11.6. The standard InChI is InChI=1S/C14H23ClFN3/c1-3-19(4-2)8-7-12(18-17)9-11-5-6-14(16)13(15)10-11/h5-6,10,12,18H,3-4,7-9,17H2,1-2H3. The van der Waals surface area contributed by atoms with Crippen LogP contribution in [0, 0.1) is 5.82 Å². The normalized spacial score (nSPS) is 12.9. The maximum atomic E-state index is 13.1. The van der Waals surface area contributed by atoms with E-state index < -0.39 is 0 Å². The van der Waals surface area contributed by atoms with Gasteiger partial charge in [0, 0.05) is 6.04 Å². The van der Waals surface area contributed by atoms with Crippen molar-refractivity contribution in [3.63, 3.8) is 0 Å². The Balaban J connectivity index is 2.53. The van der Waals surface area contributed by atoms with Crippen molar-refractivity contribution in [1.29, 1.82) is 0 Å². The van der Waals surface area contributed by atoms with E-state index in [-0.39, 0.29) is 16.9 Å². The van der Waals surface area contributed by atoms with E-state index in [1.54, 1.807) is 12.1 Å². The summed E-state index contributed by atoms with van der Waals surface area (Å²) in [5.74, 6) is 5.20. The third-order valence-electron chi connectivity index (χ3n) is 3.39. The van der Waals surface area contributed by atoms with Crippen molar-refractivity contribution in [3.8, 4) is 0 Å². The van der Waals surface area contributed by atoms with Gasteiger partial charge in [0.25, 0.3) is 0 Å². The predicted octanol–water partition coefficient (Wildman–Crippen LogP) is 2.59. The zero-order chi connectivity index (χ0) is 14.3. The van der Waals surface area contributed by atoms with Gasteiger partial charge in [-0.2, -0.15) is 0 Å². The molecule has 3 nitrogen and oxygen atoms in total. The largest absolute Gasteiger partial charge is 0.304 e. The molecule has 0 amide bonds. The molecule has 0 radical (unpaired) electrons. The van der Waals surface area contributed by atoms with E-state index in [0.29, 0.717) is 0 Å². The van der Waals surface area contributed by atoms with Gasteiger partial charge in [-0.1, -0.05) is 31.5 Å². The Labute approximate surface area is 119 Å². The number of hydrazine groups is 1. The summed E-state index contributed by atoms with van der Waals surface area (Å²) in [6.07, 6.45) is 1.70. The summed E-state index contributed by atoms with van der Waals surface area (Å²) in [5.41, 5.74) is 3.82. The van der Waals surface area contributed by atoms with E-state index in [2.05, 4.69) is 24.2 Å². The van der Waals surface area contributed by atoms with Gasteiger partial charge in [-0.05, 0) is 50.2 Å². The summed E-state index contributed by atoms with van der Waals surface area (Å²) in [4.78, 5) is 2.35. The molecule has 0 spiro atoms. The second kappa shape index (κ2) is 8.48.